The van der Waals surface area contributed by atoms with Crippen molar-refractivity contribution in [2.24, 2.45) is 5.92 Å². The quantitative estimate of drug-likeness (QED) is 0.414. The summed E-state index contributed by atoms with van der Waals surface area (Å²) in [6.45, 7) is 0.326. The summed E-state index contributed by atoms with van der Waals surface area (Å²) >= 11 is 5.97. The zero-order chi connectivity index (χ0) is 28.4. The van der Waals surface area contributed by atoms with Crippen molar-refractivity contribution in [3.63, 3.8) is 0 Å². The largest absolute Gasteiger partial charge is 0.492 e. The van der Waals surface area contributed by atoms with Crippen LogP contribution < -0.4 is 24.4 Å². The number of likely N-dealkylation sites (N-methyl/N-ethyl adjacent to an activating group) is 1. The number of amides is 5. The maximum Gasteiger partial charge on any atom is 0.335 e. The topological polar surface area (TPSA) is 114 Å². The number of imide groups is 2. The van der Waals surface area contributed by atoms with Gasteiger partial charge in [0.2, 0.25) is 24.4 Å². The first-order valence-electron chi connectivity index (χ1n) is 12.5. The second-order valence-corrected chi connectivity index (χ2v) is 9.76. The van der Waals surface area contributed by atoms with Crippen LogP contribution >= 0.6 is 11.6 Å². The number of nitrogens with one attached hydrogen (secondary N) is 1. The Hall–Kier alpha value is -4.57. The molecule has 1 fully saturated rings. The Labute approximate surface area is 235 Å². The normalized spacial score (nSPS) is 16.1. The highest BCUT2D eigenvalue weighted by atomic mass is 35.5. The molecule has 0 aliphatic carbocycles. The molecule has 3 aromatic rings. The fraction of sp³-hybridized carbons (Fsp3) is 0.241. The number of anilines is 1. The Morgan fingerprint density at radius 2 is 1.82 bits per heavy atom. The van der Waals surface area contributed by atoms with E-state index in [1.54, 1.807) is 54.4 Å². The monoisotopic (exact) mass is 563 g/mol. The lowest BCUT2D eigenvalue weighted by atomic mass is 9.90. The molecule has 1 N–H and O–H groups in total. The van der Waals surface area contributed by atoms with Crippen LogP contribution in [-0.4, -0.2) is 56.1 Å². The molecule has 1 atom stereocenters. The molecular weight excluding hydrogens is 538 g/mol. The van der Waals surface area contributed by atoms with Gasteiger partial charge in [0.05, 0.1) is 12.8 Å². The molecule has 1 saturated heterocycles. The molecule has 40 heavy (non-hydrogen) atoms. The van der Waals surface area contributed by atoms with Gasteiger partial charge in [0, 0.05) is 29.7 Å². The van der Waals surface area contributed by atoms with Crippen molar-refractivity contribution in [3.8, 4) is 17.2 Å². The van der Waals surface area contributed by atoms with E-state index in [1.807, 2.05) is 6.07 Å². The van der Waals surface area contributed by atoms with Gasteiger partial charge in [0.15, 0.2) is 11.5 Å². The van der Waals surface area contributed by atoms with E-state index in [0.717, 1.165) is 4.90 Å². The SMILES string of the molecule is COc1c(C[C@H]2C(=O)NC(=O)N(c3ccc(Cl)cc3)C2=O)c(CCN(C)C(=O)c2ccccc2)cc2c1OCO2. The molecule has 5 amide bonds. The summed E-state index contributed by atoms with van der Waals surface area (Å²) in [5.74, 6) is -1.62. The third kappa shape index (κ3) is 5.17. The minimum Gasteiger partial charge on any atom is -0.492 e. The number of benzene rings is 3. The van der Waals surface area contributed by atoms with Crippen LogP contribution in [0.1, 0.15) is 21.5 Å². The lowest BCUT2D eigenvalue weighted by Gasteiger charge is -2.31. The van der Waals surface area contributed by atoms with Gasteiger partial charge < -0.3 is 19.1 Å². The molecule has 0 unspecified atom stereocenters. The van der Waals surface area contributed by atoms with Crippen molar-refractivity contribution >= 4 is 41.0 Å². The van der Waals surface area contributed by atoms with Crippen LogP contribution in [0, 0.1) is 5.92 Å². The highest BCUT2D eigenvalue weighted by molar-refractivity contribution is 6.31. The summed E-state index contributed by atoms with van der Waals surface area (Å²) in [5, 5.41) is 2.72. The summed E-state index contributed by atoms with van der Waals surface area (Å²) in [6, 6.07) is 16.0. The summed E-state index contributed by atoms with van der Waals surface area (Å²) in [4.78, 5) is 54.6. The van der Waals surface area contributed by atoms with Crippen LogP contribution in [0.25, 0.3) is 0 Å². The maximum atomic E-state index is 13.6. The third-order valence-corrected chi connectivity index (χ3v) is 7.12. The second kappa shape index (κ2) is 11.3. The lowest BCUT2D eigenvalue weighted by molar-refractivity contribution is -0.134. The van der Waals surface area contributed by atoms with E-state index in [4.69, 9.17) is 25.8 Å². The van der Waals surface area contributed by atoms with Gasteiger partial charge in [-0.15, -0.1) is 0 Å². The number of halogens is 1. The Balaban J connectivity index is 1.45. The molecule has 11 heteroatoms. The molecule has 0 saturated carbocycles. The molecule has 3 aromatic carbocycles. The van der Waals surface area contributed by atoms with E-state index in [9.17, 15) is 19.2 Å². The summed E-state index contributed by atoms with van der Waals surface area (Å²) < 4.78 is 16.9. The van der Waals surface area contributed by atoms with Crippen molar-refractivity contribution < 1.29 is 33.4 Å². The summed E-state index contributed by atoms with van der Waals surface area (Å²) in [6.07, 6.45) is 0.299. The molecule has 0 aromatic heterocycles. The molecule has 0 spiro atoms. The maximum absolute atomic E-state index is 13.6. The van der Waals surface area contributed by atoms with Crippen LogP contribution in [0.4, 0.5) is 10.5 Å². The van der Waals surface area contributed by atoms with Crippen molar-refractivity contribution in [3.05, 3.63) is 82.4 Å². The first kappa shape index (κ1) is 27.0. The minimum absolute atomic E-state index is 0.0112. The van der Waals surface area contributed by atoms with Gasteiger partial charge in [0.1, 0.15) is 5.92 Å². The van der Waals surface area contributed by atoms with Gasteiger partial charge in [-0.1, -0.05) is 29.8 Å². The molecule has 0 bridgehead atoms. The fourth-order valence-electron chi connectivity index (χ4n) is 4.79. The first-order chi connectivity index (χ1) is 19.3. The number of carbonyl (C=O) groups is 4. The molecule has 2 aliphatic heterocycles. The molecule has 10 nitrogen and oxygen atoms in total. The number of barbiturate groups is 1. The smallest absolute Gasteiger partial charge is 0.335 e. The van der Waals surface area contributed by atoms with Crippen LogP contribution in [0.2, 0.25) is 5.02 Å². The van der Waals surface area contributed by atoms with Gasteiger partial charge in [-0.05, 0) is 60.9 Å². The highest BCUT2D eigenvalue weighted by Crippen LogP contribution is 2.46. The highest BCUT2D eigenvalue weighted by Gasteiger charge is 2.42. The predicted octanol–water partition coefficient (Wildman–Crippen LogP) is 3.83. The lowest BCUT2D eigenvalue weighted by Crippen LogP contribution is -2.58. The van der Waals surface area contributed by atoms with E-state index in [1.165, 1.54) is 19.2 Å². The molecule has 2 aliphatic rings. The molecule has 5 rings (SSSR count). The van der Waals surface area contributed by atoms with Gasteiger partial charge in [-0.2, -0.15) is 0 Å². The third-order valence-electron chi connectivity index (χ3n) is 6.86. The Bertz CT molecular complexity index is 1480. The molecule has 2 heterocycles. The summed E-state index contributed by atoms with van der Waals surface area (Å²) in [5.41, 5.74) is 2.10. The number of nitrogens with zero attached hydrogens (tertiary/aromatic N) is 2. The van der Waals surface area contributed by atoms with E-state index >= 15 is 0 Å². The number of methoxy groups -OCH3 is 1. The zero-order valence-corrected chi connectivity index (χ0v) is 22.6. The number of urea groups is 1. The van der Waals surface area contributed by atoms with Crippen LogP contribution in [0.3, 0.4) is 0 Å². The second-order valence-electron chi connectivity index (χ2n) is 9.33. The summed E-state index contributed by atoms with van der Waals surface area (Å²) in [7, 11) is 3.16. The average molecular weight is 564 g/mol. The molecular formula is C29H26ClN3O7. The van der Waals surface area contributed by atoms with Crippen molar-refractivity contribution in [2.45, 2.75) is 12.8 Å². The Morgan fingerprint density at radius 1 is 1.10 bits per heavy atom. The van der Waals surface area contributed by atoms with E-state index in [-0.39, 0.29) is 24.8 Å². The van der Waals surface area contributed by atoms with E-state index < -0.39 is 23.8 Å². The van der Waals surface area contributed by atoms with E-state index in [0.29, 0.717) is 51.9 Å². The predicted molar refractivity (Wildman–Crippen MR) is 146 cm³/mol. The van der Waals surface area contributed by atoms with Crippen molar-refractivity contribution in [1.82, 2.24) is 10.2 Å². The van der Waals surface area contributed by atoms with Gasteiger partial charge in [-0.3, -0.25) is 19.7 Å². The van der Waals surface area contributed by atoms with Crippen LogP contribution in [0.15, 0.2) is 60.7 Å². The van der Waals surface area contributed by atoms with Crippen LogP contribution in [-0.2, 0) is 22.4 Å². The van der Waals surface area contributed by atoms with Gasteiger partial charge >= 0.3 is 6.03 Å². The number of hydrogen-bond donors (Lipinski definition) is 1. The number of rotatable bonds is 8. The minimum atomic E-state index is -1.23. The van der Waals surface area contributed by atoms with Crippen LogP contribution in [0.5, 0.6) is 17.2 Å². The Kier molecular flexibility index (Phi) is 7.61. The Morgan fingerprint density at radius 3 is 2.52 bits per heavy atom. The zero-order valence-electron chi connectivity index (χ0n) is 21.8. The average Bonchev–Trinajstić information content (AvgIpc) is 3.43. The molecule has 206 valence electrons. The number of fused-ring (bicyclic) bond motifs is 1. The number of carbonyl (C=O) groups excluding carboxylic acids is 4. The van der Waals surface area contributed by atoms with Crippen molar-refractivity contribution in [2.75, 3.05) is 32.4 Å². The fourth-order valence-corrected chi connectivity index (χ4v) is 4.92. The van der Waals surface area contributed by atoms with E-state index in [2.05, 4.69) is 5.32 Å². The number of hydrogen-bond acceptors (Lipinski definition) is 7. The first-order valence-corrected chi connectivity index (χ1v) is 12.9. The van der Waals surface area contributed by atoms with Gasteiger partial charge in [0.25, 0.3) is 5.91 Å². The molecule has 0 radical (unpaired) electrons. The van der Waals surface area contributed by atoms with Crippen molar-refractivity contribution in [1.29, 1.82) is 0 Å². The number of ether oxygens (including phenoxy) is 3. The van der Waals surface area contributed by atoms with Gasteiger partial charge in [-0.25, -0.2) is 9.69 Å². The standard InChI is InChI=1S/C29H26ClN3O7/c1-32(27(35)17-6-4-3-5-7-17)13-12-18-14-23-25(40-16-39-23)24(38-2)21(18)15-22-26(34)31-29(37)33(28(22)36)20-10-8-19(30)9-11-20/h3-11,14,22H,12-13,15-16H2,1-2H3,(H,31,34,37)/t22-/m0/s1.